The van der Waals surface area contributed by atoms with E-state index in [0.717, 1.165) is 18.4 Å². The normalized spacial score (nSPS) is 50.7. The van der Waals surface area contributed by atoms with E-state index in [-0.39, 0.29) is 5.60 Å². The van der Waals surface area contributed by atoms with Gasteiger partial charge in [-0.15, -0.1) is 0 Å². The fourth-order valence-corrected chi connectivity index (χ4v) is 6.14. The predicted octanol–water partition coefficient (Wildman–Crippen LogP) is 4.80. The first kappa shape index (κ1) is 13.0. The molecule has 104 valence electrons. The van der Waals surface area contributed by atoms with E-state index in [1.165, 1.54) is 44.9 Å². The van der Waals surface area contributed by atoms with E-state index in [4.69, 9.17) is 4.74 Å². The molecule has 3 fully saturated rings. The van der Waals surface area contributed by atoms with Crippen LogP contribution in [0, 0.1) is 22.7 Å². The molecule has 0 spiro atoms. The van der Waals surface area contributed by atoms with Crippen LogP contribution in [-0.4, -0.2) is 12.2 Å². The monoisotopic (exact) mass is 250 g/mol. The van der Waals surface area contributed by atoms with E-state index in [1.54, 1.807) is 0 Å². The summed E-state index contributed by atoms with van der Waals surface area (Å²) >= 11 is 0. The van der Waals surface area contributed by atoms with Gasteiger partial charge in [0.05, 0.1) is 5.60 Å². The average molecular weight is 250 g/mol. The molecule has 1 nitrogen and oxygen atoms in total. The Morgan fingerprint density at radius 3 is 2.50 bits per heavy atom. The van der Waals surface area contributed by atoms with Crippen LogP contribution in [0.5, 0.6) is 0 Å². The van der Waals surface area contributed by atoms with Crippen molar-refractivity contribution in [2.75, 3.05) is 6.61 Å². The largest absolute Gasteiger partial charge is 0.375 e. The van der Waals surface area contributed by atoms with Crippen LogP contribution in [-0.2, 0) is 4.74 Å². The highest BCUT2D eigenvalue weighted by molar-refractivity contribution is 5.10. The third-order valence-electron chi connectivity index (χ3n) is 6.96. The van der Waals surface area contributed by atoms with Crippen LogP contribution in [0.2, 0.25) is 0 Å². The molecule has 1 heterocycles. The molecular weight excluding hydrogens is 220 g/mol. The first-order valence-electron chi connectivity index (χ1n) is 8.09. The predicted molar refractivity (Wildman–Crippen MR) is 75.5 cm³/mol. The maximum atomic E-state index is 6.28. The Labute approximate surface area is 113 Å². The van der Waals surface area contributed by atoms with Crippen molar-refractivity contribution in [1.29, 1.82) is 0 Å². The van der Waals surface area contributed by atoms with Crippen molar-refractivity contribution in [3.05, 3.63) is 0 Å². The van der Waals surface area contributed by atoms with Gasteiger partial charge in [0, 0.05) is 6.61 Å². The van der Waals surface area contributed by atoms with E-state index in [2.05, 4.69) is 27.7 Å². The summed E-state index contributed by atoms with van der Waals surface area (Å²) in [4.78, 5) is 0. The maximum Gasteiger partial charge on any atom is 0.0714 e. The van der Waals surface area contributed by atoms with Crippen molar-refractivity contribution in [2.24, 2.45) is 22.7 Å². The molecule has 4 atom stereocenters. The highest BCUT2D eigenvalue weighted by atomic mass is 16.5. The number of fused-ring (bicyclic) bond motifs is 3. The van der Waals surface area contributed by atoms with Crippen molar-refractivity contribution >= 4 is 0 Å². The average Bonchev–Trinajstić information content (AvgIpc) is 2.73. The molecule has 0 N–H and O–H groups in total. The van der Waals surface area contributed by atoms with Crippen LogP contribution in [0.25, 0.3) is 0 Å². The van der Waals surface area contributed by atoms with Gasteiger partial charge in [-0.25, -0.2) is 0 Å². The van der Waals surface area contributed by atoms with Crippen LogP contribution in [0.1, 0.15) is 72.6 Å². The second kappa shape index (κ2) is 3.98. The lowest BCUT2D eigenvalue weighted by Gasteiger charge is -2.60. The molecule has 3 rings (SSSR count). The van der Waals surface area contributed by atoms with Gasteiger partial charge in [0.15, 0.2) is 0 Å². The number of rotatable bonds is 1. The molecule has 0 amide bonds. The number of hydrogen-bond acceptors (Lipinski definition) is 1. The van der Waals surface area contributed by atoms with Crippen LogP contribution in [0.3, 0.4) is 0 Å². The second-order valence-corrected chi connectivity index (χ2v) is 8.05. The Morgan fingerprint density at radius 2 is 1.78 bits per heavy atom. The lowest BCUT2D eigenvalue weighted by atomic mass is 9.45. The topological polar surface area (TPSA) is 9.23 Å². The SMILES string of the molecule is CC[C@@]12CC[C@H]3C(C)(C)CCCC3(C)[C@H]1CCO2. The highest BCUT2D eigenvalue weighted by Gasteiger charge is 2.61. The van der Waals surface area contributed by atoms with E-state index < -0.39 is 0 Å². The van der Waals surface area contributed by atoms with Gasteiger partial charge in [-0.2, -0.15) is 0 Å². The minimum Gasteiger partial charge on any atom is -0.375 e. The van der Waals surface area contributed by atoms with Gasteiger partial charge in [0.1, 0.15) is 0 Å². The molecule has 0 aromatic carbocycles. The van der Waals surface area contributed by atoms with Gasteiger partial charge >= 0.3 is 0 Å². The van der Waals surface area contributed by atoms with Crippen LogP contribution < -0.4 is 0 Å². The third kappa shape index (κ3) is 1.55. The van der Waals surface area contributed by atoms with Crippen LogP contribution in [0.15, 0.2) is 0 Å². The Hall–Kier alpha value is -0.0400. The quantitative estimate of drug-likeness (QED) is 0.649. The minimum atomic E-state index is 0.249. The Morgan fingerprint density at radius 1 is 1.00 bits per heavy atom. The Balaban J connectivity index is 1.98. The highest BCUT2D eigenvalue weighted by Crippen LogP contribution is 2.65. The van der Waals surface area contributed by atoms with Crippen molar-refractivity contribution in [1.82, 2.24) is 0 Å². The second-order valence-electron chi connectivity index (χ2n) is 8.05. The maximum absolute atomic E-state index is 6.28. The molecule has 18 heavy (non-hydrogen) atoms. The molecule has 0 aromatic heterocycles. The first-order chi connectivity index (χ1) is 8.45. The molecule has 2 aliphatic carbocycles. The zero-order valence-corrected chi connectivity index (χ0v) is 12.7. The van der Waals surface area contributed by atoms with E-state index in [0.29, 0.717) is 10.8 Å². The number of hydrogen-bond donors (Lipinski definition) is 0. The summed E-state index contributed by atoms with van der Waals surface area (Å²) < 4.78 is 6.28. The lowest BCUT2D eigenvalue weighted by Crippen LogP contribution is -2.56. The zero-order valence-electron chi connectivity index (χ0n) is 12.7. The minimum absolute atomic E-state index is 0.249. The van der Waals surface area contributed by atoms with Crippen LogP contribution in [0.4, 0.5) is 0 Å². The van der Waals surface area contributed by atoms with Crippen molar-refractivity contribution in [3.63, 3.8) is 0 Å². The van der Waals surface area contributed by atoms with Gasteiger partial charge in [0.25, 0.3) is 0 Å². The fourth-order valence-electron chi connectivity index (χ4n) is 6.14. The Bertz CT molecular complexity index is 335. The van der Waals surface area contributed by atoms with Gasteiger partial charge in [0.2, 0.25) is 0 Å². The molecule has 1 unspecified atom stereocenters. The molecule has 2 saturated carbocycles. The lowest BCUT2D eigenvalue weighted by molar-refractivity contribution is -0.156. The standard InChI is InChI=1S/C17H30O/c1-5-17-11-7-13-15(2,3)9-6-10-16(13,4)14(17)8-12-18-17/h13-14H,5-12H2,1-4H3/t13-,14+,16?,17+/m0/s1. The molecule has 0 aromatic rings. The first-order valence-corrected chi connectivity index (χ1v) is 8.09. The summed E-state index contributed by atoms with van der Waals surface area (Å²) in [5.41, 5.74) is 1.35. The number of ether oxygens (including phenoxy) is 1. The molecule has 0 radical (unpaired) electrons. The summed E-state index contributed by atoms with van der Waals surface area (Å²) in [6, 6.07) is 0. The van der Waals surface area contributed by atoms with Crippen molar-refractivity contribution in [3.8, 4) is 0 Å². The Kier molecular flexibility index (Phi) is 2.86. The molecule has 1 aliphatic heterocycles. The summed E-state index contributed by atoms with van der Waals surface area (Å²) in [5, 5.41) is 0. The summed E-state index contributed by atoms with van der Waals surface area (Å²) in [7, 11) is 0. The molecular formula is C17H30O. The van der Waals surface area contributed by atoms with Gasteiger partial charge in [-0.3, -0.25) is 0 Å². The molecule has 1 saturated heterocycles. The summed E-state index contributed by atoms with van der Waals surface area (Å²) in [6.07, 6.45) is 9.55. The zero-order chi connectivity index (χ0) is 13.0. The third-order valence-corrected chi connectivity index (χ3v) is 6.96. The molecule has 0 bridgehead atoms. The van der Waals surface area contributed by atoms with Gasteiger partial charge < -0.3 is 4.74 Å². The molecule has 1 heteroatoms. The van der Waals surface area contributed by atoms with Crippen molar-refractivity contribution in [2.45, 2.75) is 78.2 Å². The van der Waals surface area contributed by atoms with E-state index in [9.17, 15) is 0 Å². The summed E-state index contributed by atoms with van der Waals surface area (Å²) in [6.45, 7) is 11.0. The smallest absolute Gasteiger partial charge is 0.0714 e. The van der Waals surface area contributed by atoms with Gasteiger partial charge in [-0.1, -0.05) is 34.1 Å². The van der Waals surface area contributed by atoms with E-state index in [1.807, 2.05) is 0 Å². The molecule has 3 aliphatic rings. The van der Waals surface area contributed by atoms with Gasteiger partial charge in [-0.05, 0) is 61.2 Å². The summed E-state index contributed by atoms with van der Waals surface area (Å²) in [5.74, 6) is 1.75. The van der Waals surface area contributed by atoms with Crippen LogP contribution >= 0.6 is 0 Å². The van der Waals surface area contributed by atoms with Crippen molar-refractivity contribution < 1.29 is 4.74 Å². The van der Waals surface area contributed by atoms with E-state index >= 15 is 0 Å². The fraction of sp³-hybridized carbons (Fsp3) is 1.00.